The Kier molecular flexibility index (Phi) is 6.21. The highest BCUT2D eigenvalue weighted by molar-refractivity contribution is 5.93. The quantitative estimate of drug-likeness (QED) is 0.498. The minimum absolute atomic E-state index is 0.0586. The first-order chi connectivity index (χ1) is 16.8. The van der Waals surface area contributed by atoms with Gasteiger partial charge in [0.25, 0.3) is 0 Å². The van der Waals surface area contributed by atoms with Crippen LogP contribution in [-0.4, -0.2) is 46.6 Å². The molecule has 0 saturated carbocycles. The van der Waals surface area contributed by atoms with Crippen molar-refractivity contribution in [2.24, 2.45) is 0 Å². The Morgan fingerprint density at radius 2 is 1.83 bits per heavy atom. The number of carbonyl (C=O) groups excluding carboxylic acids is 1. The maximum absolute atomic E-state index is 12.5. The average Bonchev–Trinajstić information content (AvgIpc) is 3.02. The largest absolute Gasteiger partial charge is 0.398 e. The second-order valence-corrected chi connectivity index (χ2v) is 10.1. The number of hydrogen-bond donors (Lipinski definition) is 3. The van der Waals surface area contributed by atoms with Gasteiger partial charge < -0.3 is 21.1 Å². The van der Waals surface area contributed by atoms with E-state index in [0.717, 1.165) is 55.0 Å². The number of piperidine rings is 1. The summed E-state index contributed by atoms with van der Waals surface area (Å²) in [4.78, 5) is 21.5. The van der Waals surface area contributed by atoms with Crippen molar-refractivity contribution in [3.05, 3.63) is 72.1 Å². The summed E-state index contributed by atoms with van der Waals surface area (Å²) >= 11 is 0. The summed E-state index contributed by atoms with van der Waals surface area (Å²) in [5.74, 6) is 0.0586. The van der Waals surface area contributed by atoms with Crippen molar-refractivity contribution in [2.75, 3.05) is 35.6 Å². The Bertz CT molecular complexity index is 1230. The van der Waals surface area contributed by atoms with Crippen LogP contribution in [0.1, 0.15) is 37.9 Å². The molecule has 3 heterocycles. The summed E-state index contributed by atoms with van der Waals surface area (Å²) in [6, 6.07) is 18.4. The molecule has 7 nitrogen and oxygen atoms in total. The molecule has 0 atom stereocenters. The van der Waals surface area contributed by atoms with Gasteiger partial charge in [-0.3, -0.25) is 14.7 Å². The number of aromatic nitrogens is 1. The number of amides is 1. The van der Waals surface area contributed by atoms with Crippen molar-refractivity contribution < 1.29 is 9.90 Å². The lowest BCUT2D eigenvalue weighted by Crippen LogP contribution is -2.46. The van der Waals surface area contributed by atoms with E-state index >= 15 is 0 Å². The van der Waals surface area contributed by atoms with Crippen LogP contribution in [-0.2, 0) is 16.9 Å². The third kappa shape index (κ3) is 5.01. The lowest BCUT2D eigenvalue weighted by atomic mass is 9.97. The van der Waals surface area contributed by atoms with Crippen LogP contribution in [0.15, 0.2) is 60.8 Å². The smallest absolute Gasteiger partial charge is 0.238 e. The molecule has 0 radical (unpaired) electrons. The lowest BCUT2D eigenvalue weighted by Gasteiger charge is -2.39. The molecule has 0 aliphatic carbocycles. The Morgan fingerprint density at radius 1 is 1.06 bits per heavy atom. The van der Waals surface area contributed by atoms with Gasteiger partial charge in [0.2, 0.25) is 5.91 Å². The van der Waals surface area contributed by atoms with Crippen molar-refractivity contribution in [3.8, 4) is 11.1 Å². The van der Waals surface area contributed by atoms with E-state index in [2.05, 4.69) is 38.3 Å². The summed E-state index contributed by atoms with van der Waals surface area (Å²) in [5, 5.41) is 13.4. The van der Waals surface area contributed by atoms with Crippen LogP contribution < -0.4 is 16.0 Å². The van der Waals surface area contributed by atoms with Crippen LogP contribution in [0.4, 0.5) is 17.1 Å². The van der Waals surface area contributed by atoms with Gasteiger partial charge in [0.05, 0.1) is 12.2 Å². The fourth-order valence-electron chi connectivity index (χ4n) is 5.10. The Balaban J connectivity index is 1.31. The summed E-state index contributed by atoms with van der Waals surface area (Å²) in [6.07, 6.45) is 3.70. The number of nitrogen functional groups attached to an aromatic ring is 1. The predicted molar refractivity (Wildman–Crippen MR) is 140 cm³/mol. The molecule has 1 saturated heterocycles. The molecule has 0 spiro atoms. The third-order valence-corrected chi connectivity index (χ3v) is 7.09. The van der Waals surface area contributed by atoms with Crippen LogP contribution in [0.5, 0.6) is 0 Å². The number of benzene rings is 2. The zero-order valence-corrected chi connectivity index (χ0v) is 20.4. The molecule has 1 amide bonds. The van der Waals surface area contributed by atoms with E-state index < -0.39 is 5.60 Å². The van der Waals surface area contributed by atoms with Gasteiger partial charge in [-0.05, 0) is 74.2 Å². The molecule has 182 valence electrons. The molecule has 4 N–H and O–H groups in total. The number of hydrogen-bond acceptors (Lipinski definition) is 6. The number of pyridine rings is 1. The zero-order chi connectivity index (χ0) is 24.6. The third-order valence-electron chi connectivity index (χ3n) is 7.09. The standard InChI is InChI=1S/C28H33N5O2/c1-28(2,35)26-15-19(9-12-30-26)23-16-22(7-8-24(23)29)32-13-10-21(11-14-32)33-17-20-5-3-4-6-25(20)31-27(34)18-33/h3-9,12,15-16,21,35H,10-11,13-14,17-18,29H2,1-2H3,(H,31,34). The minimum atomic E-state index is -1.02. The topological polar surface area (TPSA) is 94.7 Å². The van der Waals surface area contributed by atoms with Gasteiger partial charge in [-0.25, -0.2) is 0 Å². The number of anilines is 3. The average molecular weight is 472 g/mol. The van der Waals surface area contributed by atoms with Crippen LogP contribution in [0.25, 0.3) is 11.1 Å². The van der Waals surface area contributed by atoms with Crippen LogP contribution in [0, 0.1) is 0 Å². The van der Waals surface area contributed by atoms with Crippen LogP contribution in [0.3, 0.4) is 0 Å². The SMILES string of the molecule is CC(C)(O)c1cc(-c2cc(N3CCC(N4CC(=O)Nc5ccccc5C4)CC3)ccc2N)ccn1. The van der Waals surface area contributed by atoms with Gasteiger partial charge >= 0.3 is 0 Å². The highest BCUT2D eigenvalue weighted by Gasteiger charge is 2.29. The molecule has 1 aromatic heterocycles. The van der Waals surface area contributed by atoms with Gasteiger partial charge in [0, 0.05) is 54.5 Å². The van der Waals surface area contributed by atoms with Crippen molar-refractivity contribution in [3.63, 3.8) is 0 Å². The van der Waals surface area contributed by atoms with Gasteiger partial charge in [-0.2, -0.15) is 0 Å². The first-order valence-electron chi connectivity index (χ1n) is 12.2. The molecule has 3 aromatic rings. The van der Waals surface area contributed by atoms with Crippen LogP contribution in [0.2, 0.25) is 0 Å². The van der Waals surface area contributed by atoms with Gasteiger partial charge in [0.1, 0.15) is 5.60 Å². The number of para-hydroxylation sites is 1. The molecule has 0 unspecified atom stereocenters. The van der Waals surface area contributed by atoms with Gasteiger partial charge in [-0.1, -0.05) is 18.2 Å². The molecule has 35 heavy (non-hydrogen) atoms. The van der Waals surface area contributed by atoms with Crippen molar-refractivity contribution in [1.82, 2.24) is 9.88 Å². The Labute approximate surface area is 206 Å². The van der Waals surface area contributed by atoms with E-state index in [1.54, 1.807) is 20.0 Å². The fraction of sp³-hybridized carbons (Fsp3) is 0.357. The predicted octanol–water partition coefficient (Wildman–Crippen LogP) is 3.98. The number of nitrogens with two attached hydrogens (primary N) is 1. The number of carbonyl (C=O) groups is 1. The highest BCUT2D eigenvalue weighted by Crippen LogP contribution is 2.34. The first kappa shape index (κ1) is 23.3. The van der Waals surface area contributed by atoms with Crippen LogP contribution >= 0.6 is 0 Å². The molecular formula is C28H33N5O2. The monoisotopic (exact) mass is 471 g/mol. The Morgan fingerprint density at radius 3 is 2.60 bits per heavy atom. The first-order valence-corrected chi connectivity index (χ1v) is 12.2. The van der Waals surface area contributed by atoms with Crippen molar-refractivity contribution in [1.29, 1.82) is 0 Å². The molecule has 2 aromatic carbocycles. The number of aliphatic hydroxyl groups is 1. The lowest BCUT2D eigenvalue weighted by molar-refractivity contribution is -0.117. The van der Waals surface area contributed by atoms with E-state index in [9.17, 15) is 9.90 Å². The van der Waals surface area contributed by atoms with Crippen molar-refractivity contribution in [2.45, 2.75) is 44.9 Å². The van der Waals surface area contributed by atoms with E-state index in [1.807, 2.05) is 36.4 Å². The highest BCUT2D eigenvalue weighted by atomic mass is 16.3. The summed E-state index contributed by atoms with van der Waals surface area (Å²) in [7, 11) is 0. The summed E-state index contributed by atoms with van der Waals surface area (Å²) in [5.41, 5.74) is 11.8. The molecule has 0 bridgehead atoms. The molecule has 2 aliphatic heterocycles. The Hall–Kier alpha value is -3.42. The van der Waals surface area contributed by atoms with Gasteiger partial charge in [0.15, 0.2) is 0 Å². The molecule has 2 aliphatic rings. The second kappa shape index (κ2) is 9.32. The van der Waals surface area contributed by atoms with Gasteiger partial charge in [-0.15, -0.1) is 0 Å². The fourth-order valence-corrected chi connectivity index (χ4v) is 5.10. The normalized spacial score (nSPS) is 17.6. The van der Waals surface area contributed by atoms with E-state index in [-0.39, 0.29) is 5.91 Å². The zero-order valence-electron chi connectivity index (χ0n) is 20.4. The summed E-state index contributed by atoms with van der Waals surface area (Å²) < 4.78 is 0. The maximum atomic E-state index is 12.5. The maximum Gasteiger partial charge on any atom is 0.238 e. The molecule has 5 rings (SSSR count). The number of fused-ring (bicyclic) bond motifs is 1. The van der Waals surface area contributed by atoms with Crippen molar-refractivity contribution >= 4 is 23.0 Å². The summed E-state index contributed by atoms with van der Waals surface area (Å²) in [6.45, 7) is 6.51. The molecule has 7 heteroatoms. The minimum Gasteiger partial charge on any atom is -0.398 e. The van der Waals surface area contributed by atoms with E-state index in [0.29, 0.717) is 24.0 Å². The van der Waals surface area contributed by atoms with E-state index in [1.165, 1.54) is 5.56 Å². The molecular weight excluding hydrogens is 438 g/mol. The van der Waals surface area contributed by atoms with E-state index in [4.69, 9.17) is 5.73 Å². The number of rotatable bonds is 4. The number of nitrogens with zero attached hydrogens (tertiary/aromatic N) is 3. The number of nitrogens with one attached hydrogen (secondary N) is 1. The molecule has 1 fully saturated rings. The second-order valence-electron chi connectivity index (χ2n) is 10.1.